The number of hydrogen-bond acceptors (Lipinski definition) is 7. The molecule has 2 aromatic heterocycles. The molecule has 0 bridgehead atoms. The molecule has 1 aromatic carbocycles. The second-order valence-corrected chi connectivity index (χ2v) is 7.74. The van der Waals surface area contributed by atoms with Crippen LogP contribution in [-0.4, -0.2) is 51.0 Å². The molecule has 1 saturated heterocycles. The molecular weight excluding hydrogens is 439 g/mol. The maximum absolute atomic E-state index is 13.8. The van der Waals surface area contributed by atoms with Crippen molar-refractivity contribution in [2.75, 3.05) is 18.4 Å². The fraction of sp³-hybridized carbons (Fsp3) is 0.333. The molecule has 174 valence electrons. The second-order valence-electron chi connectivity index (χ2n) is 7.74. The van der Waals surface area contributed by atoms with E-state index in [1.165, 1.54) is 25.3 Å². The van der Waals surface area contributed by atoms with Gasteiger partial charge in [0.2, 0.25) is 5.95 Å². The summed E-state index contributed by atoms with van der Waals surface area (Å²) >= 11 is 0. The standard InChI is InChI=1S/C21H22F3N7O2/c1-11(31-33)28-19(32)12-4-5-14-15(9-26-17(14)7-12)18-16(21(22,23)24)10-27-20(30-18)29-13-3-2-6-25-8-13/h4-5,7,9-10,13,25-26,33H,2-3,6,8H2,1H3,(H,27,29,30)(H,28,31,32)/t13-/m0/s1. The Bertz CT molecular complexity index is 1200. The van der Waals surface area contributed by atoms with Gasteiger partial charge in [0.25, 0.3) is 5.91 Å². The Morgan fingerprint density at radius 1 is 1.33 bits per heavy atom. The molecule has 0 unspecified atom stereocenters. The number of rotatable bonds is 4. The summed E-state index contributed by atoms with van der Waals surface area (Å²) < 4.78 is 41.3. The molecule has 3 heterocycles. The first-order chi connectivity index (χ1) is 15.8. The van der Waals surface area contributed by atoms with Crippen molar-refractivity contribution in [3.8, 4) is 11.3 Å². The topological polar surface area (TPSA) is 127 Å². The van der Waals surface area contributed by atoms with Crippen LogP contribution in [0, 0.1) is 0 Å². The maximum atomic E-state index is 13.8. The molecule has 0 aliphatic carbocycles. The van der Waals surface area contributed by atoms with E-state index in [0.717, 1.165) is 25.6 Å². The number of carbonyl (C=O) groups is 1. The van der Waals surface area contributed by atoms with Gasteiger partial charge in [-0.25, -0.2) is 9.97 Å². The Morgan fingerprint density at radius 3 is 2.85 bits per heavy atom. The van der Waals surface area contributed by atoms with E-state index in [1.807, 2.05) is 0 Å². The summed E-state index contributed by atoms with van der Waals surface area (Å²) in [4.78, 5) is 23.3. The number of nitrogens with one attached hydrogen (secondary N) is 4. The zero-order valence-corrected chi connectivity index (χ0v) is 17.6. The highest BCUT2D eigenvalue weighted by atomic mass is 19.4. The van der Waals surface area contributed by atoms with E-state index in [0.29, 0.717) is 17.4 Å². The number of oxime groups is 1. The van der Waals surface area contributed by atoms with Gasteiger partial charge < -0.3 is 26.1 Å². The fourth-order valence-electron chi connectivity index (χ4n) is 3.75. The summed E-state index contributed by atoms with van der Waals surface area (Å²) in [5.74, 6) is -0.388. The van der Waals surface area contributed by atoms with Crippen molar-refractivity contribution in [1.29, 1.82) is 0 Å². The Hall–Kier alpha value is -3.67. The number of halogens is 3. The van der Waals surface area contributed by atoms with Crippen LogP contribution in [0.1, 0.15) is 35.7 Å². The van der Waals surface area contributed by atoms with Crippen LogP contribution in [0.2, 0.25) is 0 Å². The van der Waals surface area contributed by atoms with Gasteiger partial charge in [0, 0.05) is 47.0 Å². The highest BCUT2D eigenvalue weighted by molar-refractivity contribution is 6.08. The number of aromatic nitrogens is 3. The molecule has 9 nitrogen and oxygen atoms in total. The largest absolute Gasteiger partial charge is 0.419 e. The molecule has 4 rings (SSSR count). The normalized spacial score (nSPS) is 17.2. The first-order valence-corrected chi connectivity index (χ1v) is 10.3. The molecule has 1 amide bonds. The Balaban J connectivity index is 1.72. The third-order valence-corrected chi connectivity index (χ3v) is 5.37. The summed E-state index contributed by atoms with van der Waals surface area (Å²) in [6.07, 6.45) is -0.613. The van der Waals surface area contributed by atoms with Crippen molar-refractivity contribution in [2.24, 2.45) is 5.16 Å². The number of piperidine rings is 1. The highest BCUT2D eigenvalue weighted by Crippen LogP contribution is 2.38. The zero-order valence-electron chi connectivity index (χ0n) is 17.6. The van der Waals surface area contributed by atoms with Crippen LogP contribution in [-0.2, 0) is 6.18 Å². The number of nitrogens with zero attached hydrogens (tertiary/aromatic N) is 3. The highest BCUT2D eigenvalue weighted by Gasteiger charge is 2.36. The van der Waals surface area contributed by atoms with Crippen molar-refractivity contribution in [3.63, 3.8) is 0 Å². The van der Waals surface area contributed by atoms with E-state index in [2.05, 4.69) is 36.1 Å². The number of benzene rings is 1. The van der Waals surface area contributed by atoms with Crippen molar-refractivity contribution >= 4 is 28.6 Å². The molecule has 33 heavy (non-hydrogen) atoms. The SMILES string of the molecule is C/C(=N/O)NC(=O)c1ccc2c(-c3nc(N[C@H]4CCCNC4)ncc3C(F)(F)F)c[nH]c2c1. The van der Waals surface area contributed by atoms with Gasteiger partial charge in [-0.3, -0.25) is 4.79 Å². The maximum Gasteiger partial charge on any atom is 0.419 e. The number of amidine groups is 1. The number of carbonyl (C=O) groups excluding carboxylic acids is 1. The lowest BCUT2D eigenvalue weighted by atomic mass is 10.0. The summed E-state index contributed by atoms with van der Waals surface area (Å²) in [7, 11) is 0. The Morgan fingerprint density at radius 2 is 2.15 bits per heavy atom. The number of H-pyrrole nitrogens is 1. The van der Waals surface area contributed by atoms with Gasteiger partial charge in [0.05, 0.1) is 5.69 Å². The summed E-state index contributed by atoms with van der Waals surface area (Å²) in [5, 5.41) is 20.8. The molecule has 0 spiro atoms. The first kappa shape index (κ1) is 22.5. The lowest BCUT2D eigenvalue weighted by Gasteiger charge is -2.24. The smallest absolute Gasteiger partial charge is 0.409 e. The molecule has 1 aliphatic heterocycles. The van der Waals surface area contributed by atoms with Crippen LogP contribution in [0.25, 0.3) is 22.2 Å². The average molecular weight is 461 g/mol. The van der Waals surface area contributed by atoms with Crippen LogP contribution in [0.15, 0.2) is 35.7 Å². The minimum atomic E-state index is -4.65. The quantitative estimate of drug-likeness (QED) is 0.176. The molecule has 1 atom stereocenters. The van der Waals surface area contributed by atoms with Gasteiger partial charge in [-0.15, -0.1) is 0 Å². The van der Waals surface area contributed by atoms with E-state index in [9.17, 15) is 18.0 Å². The zero-order chi connectivity index (χ0) is 23.6. The number of fused-ring (bicyclic) bond motifs is 1. The first-order valence-electron chi connectivity index (χ1n) is 10.3. The van der Waals surface area contributed by atoms with Crippen molar-refractivity contribution < 1.29 is 23.2 Å². The predicted molar refractivity (Wildman–Crippen MR) is 116 cm³/mol. The van der Waals surface area contributed by atoms with E-state index < -0.39 is 17.6 Å². The minimum absolute atomic E-state index is 0.0104. The number of aromatic amines is 1. The monoisotopic (exact) mass is 461 g/mol. The van der Waals surface area contributed by atoms with Crippen LogP contribution >= 0.6 is 0 Å². The van der Waals surface area contributed by atoms with Crippen LogP contribution in [0.4, 0.5) is 19.1 Å². The van der Waals surface area contributed by atoms with E-state index in [-0.39, 0.29) is 34.6 Å². The van der Waals surface area contributed by atoms with E-state index in [1.54, 1.807) is 6.07 Å². The summed E-state index contributed by atoms with van der Waals surface area (Å²) in [6.45, 7) is 2.99. The molecule has 5 N–H and O–H groups in total. The van der Waals surface area contributed by atoms with E-state index >= 15 is 0 Å². The fourth-order valence-corrected chi connectivity index (χ4v) is 3.75. The van der Waals surface area contributed by atoms with Gasteiger partial charge in [-0.05, 0) is 38.4 Å². The molecule has 1 aliphatic rings. The lowest BCUT2D eigenvalue weighted by molar-refractivity contribution is -0.137. The summed E-state index contributed by atoms with van der Waals surface area (Å²) in [6, 6.07) is 4.54. The molecule has 12 heteroatoms. The van der Waals surface area contributed by atoms with Crippen molar-refractivity contribution in [3.05, 3.63) is 41.7 Å². The van der Waals surface area contributed by atoms with Gasteiger partial charge >= 0.3 is 6.18 Å². The predicted octanol–water partition coefficient (Wildman–Crippen LogP) is 3.35. The Kier molecular flexibility index (Phi) is 6.18. The van der Waals surface area contributed by atoms with Crippen molar-refractivity contribution in [2.45, 2.75) is 32.0 Å². The van der Waals surface area contributed by atoms with Gasteiger partial charge in [-0.2, -0.15) is 13.2 Å². The molecular formula is C21H22F3N7O2. The molecule has 0 saturated carbocycles. The number of anilines is 1. The number of hydrogen-bond donors (Lipinski definition) is 5. The third-order valence-electron chi connectivity index (χ3n) is 5.37. The minimum Gasteiger partial charge on any atom is -0.409 e. The summed E-state index contributed by atoms with van der Waals surface area (Å²) in [5.41, 5.74) is -0.272. The molecule has 3 aromatic rings. The second kappa shape index (κ2) is 9.06. The number of amides is 1. The van der Waals surface area contributed by atoms with E-state index in [4.69, 9.17) is 5.21 Å². The van der Waals surface area contributed by atoms with Gasteiger partial charge in [0.1, 0.15) is 11.4 Å². The van der Waals surface area contributed by atoms with Crippen LogP contribution in [0.3, 0.4) is 0 Å². The molecule has 1 fully saturated rings. The van der Waals surface area contributed by atoms with Gasteiger partial charge in [0.15, 0.2) is 0 Å². The van der Waals surface area contributed by atoms with Crippen molar-refractivity contribution in [1.82, 2.24) is 25.6 Å². The van der Waals surface area contributed by atoms with Crippen LogP contribution in [0.5, 0.6) is 0 Å². The molecule has 0 radical (unpaired) electrons. The van der Waals surface area contributed by atoms with Gasteiger partial charge in [-0.1, -0.05) is 11.2 Å². The van der Waals surface area contributed by atoms with Crippen LogP contribution < -0.4 is 16.0 Å². The lowest BCUT2D eigenvalue weighted by Crippen LogP contribution is -2.38. The Labute approximate surface area is 186 Å². The third kappa shape index (κ3) is 4.90. The average Bonchev–Trinajstić information content (AvgIpc) is 3.22. The number of alkyl halides is 3.